The molecule has 1 aromatic rings. The number of nitrogens with zero attached hydrogens (tertiary/aromatic N) is 2. The Labute approximate surface area is 132 Å². The quantitative estimate of drug-likeness (QED) is 0.416. The van der Waals surface area contributed by atoms with Gasteiger partial charge in [-0.15, -0.1) is 0 Å². The monoisotopic (exact) mass is 337 g/mol. The zero-order chi connectivity index (χ0) is 16.9. The molecule has 0 radical (unpaired) electrons. The largest absolute Gasteiger partial charge is 0.524 e. The van der Waals surface area contributed by atoms with E-state index in [1.54, 1.807) is 37.3 Å². The Morgan fingerprint density at radius 2 is 2.17 bits per heavy atom. The number of phosphoric ester groups is 1. The molecule has 0 saturated carbocycles. The minimum absolute atomic E-state index is 0.0276. The van der Waals surface area contributed by atoms with E-state index in [1.807, 2.05) is 0 Å². The predicted molar refractivity (Wildman–Crippen MR) is 84.4 cm³/mol. The SMILES string of the molecule is CCOc1ccc(NC2=CCC(=[N+]=[N-])C=C2)c(OP(=O)(O)O)c1. The number of hydrogen-bond acceptors (Lipinski definition) is 4. The number of allylic oxidation sites excluding steroid dienone is 3. The third-order valence-electron chi connectivity index (χ3n) is 2.88. The summed E-state index contributed by atoms with van der Waals surface area (Å²) in [6, 6.07) is 4.66. The number of rotatable bonds is 6. The minimum atomic E-state index is -4.71. The van der Waals surface area contributed by atoms with Gasteiger partial charge in [-0.1, -0.05) is 0 Å². The highest BCUT2D eigenvalue weighted by molar-refractivity contribution is 7.46. The van der Waals surface area contributed by atoms with Crippen molar-refractivity contribution in [2.24, 2.45) is 0 Å². The van der Waals surface area contributed by atoms with E-state index in [0.717, 1.165) is 0 Å². The van der Waals surface area contributed by atoms with E-state index >= 15 is 0 Å². The van der Waals surface area contributed by atoms with E-state index in [-0.39, 0.29) is 5.75 Å². The summed E-state index contributed by atoms with van der Waals surface area (Å²) in [6.45, 7) is 2.22. The molecule has 0 atom stereocenters. The minimum Gasteiger partial charge on any atom is -0.494 e. The van der Waals surface area contributed by atoms with Crippen LogP contribution < -0.4 is 14.6 Å². The summed E-state index contributed by atoms with van der Waals surface area (Å²) < 4.78 is 21.1. The lowest BCUT2D eigenvalue weighted by Crippen LogP contribution is -2.06. The van der Waals surface area contributed by atoms with Crippen LogP contribution >= 0.6 is 7.82 Å². The molecule has 2 rings (SSSR count). The molecule has 8 nitrogen and oxygen atoms in total. The number of hydrogen-bond donors (Lipinski definition) is 3. The number of ether oxygens (including phenoxy) is 1. The van der Waals surface area contributed by atoms with Crippen LogP contribution in [0.5, 0.6) is 11.5 Å². The van der Waals surface area contributed by atoms with Crippen molar-refractivity contribution in [2.75, 3.05) is 11.9 Å². The molecule has 0 unspecified atom stereocenters. The first-order chi connectivity index (χ1) is 10.9. The molecule has 1 aromatic carbocycles. The summed E-state index contributed by atoms with van der Waals surface area (Å²) in [5, 5.41) is 3.00. The number of nitrogens with one attached hydrogen (secondary N) is 1. The van der Waals surface area contributed by atoms with Gasteiger partial charge in [0.2, 0.25) is 0 Å². The Balaban J connectivity index is 2.26. The van der Waals surface area contributed by atoms with Gasteiger partial charge in [0.15, 0.2) is 5.75 Å². The number of benzene rings is 1. The molecule has 0 aliphatic heterocycles. The highest BCUT2D eigenvalue weighted by atomic mass is 31.2. The topological polar surface area (TPSA) is 124 Å². The van der Waals surface area contributed by atoms with E-state index in [2.05, 4.69) is 10.1 Å². The molecule has 23 heavy (non-hydrogen) atoms. The highest BCUT2D eigenvalue weighted by Crippen LogP contribution is 2.42. The highest BCUT2D eigenvalue weighted by Gasteiger charge is 2.20. The summed E-state index contributed by atoms with van der Waals surface area (Å²) in [5.74, 6) is 0.407. The Morgan fingerprint density at radius 1 is 1.39 bits per heavy atom. The molecule has 0 spiro atoms. The van der Waals surface area contributed by atoms with Crippen molar-refractivity contribution in [2.45, 2.75) is 13.3 Å². The van der Waals surface area contributed by atoms with Crippen molar-refractivity contribution >= 4 is 19.2 Å². The molecule has 0 amide bonds. The van der Waals surface area contributed by atoms with Crippen LogP contribution in [0.3, 0.4) is 0 Å². The molecule has 122 valence electrons. The normalized spacial score (nSPS) is 14.0. The van der Waals surface area contributed by atoms with E-state index in [9.17, 15) is 4.57 Å². The molecular formula is C14H16N3O5P. The third kappa shape index (κ3) is 5.09. The van der Waals surface area contributed by atoms with Gasteiger partial charge in [0.25, 0.3) is 5.71 Å². The zero-order valence-electron chi connectivity index (χ0n) is 12.3. The first-order valence-corrected chi connectivity index (χ1v) is 8.32. The summed E-state index contributed by atoms with van der Waals surface area (Å²) in [7, 11) is -4.71. The van der Waals surface area contributed by atoms with Crippen LogP contribution in [0.1, 0.15) is 13.3 Å². The standard InChI is InChI=1S/C14H16N3O5P/c1-2-21-12-7-8-13(14(9-12)22-23(18,19)20)16-10-3-5-11(17-15)6-4-10/h3-5,7-9,16H,2,6H2,1H3,(H2,18,19,20). The number of phosphoric acid groups is 1. The maximum absolute atomic E-state index is 11.1. The van der Waals surface area contributed by atoms with Gasteiger partial charge in [0.1, 0.15) is 5.75 Å². The molecule has 1 aliphatic carbocycles. The average Bonchev–Trinajstić information content (AvgIpc) is 2.49. The number of anilines is 1. The van der Waals surface area contributed by atoms with Crippen LogP contribution in [0.4, 0.5) is 5.69 Å². The fourth-order valence-electron chi connectivity index (χ4n) is 1.92. The smallest absolute Gasteiger partial charge is 0.494 e. The third-order valence-corrected chi connectivity index (χ3v) is 3.31. The van der Waals surface area contributed by atoms with Crippen LogP contribution in [-0.4, -0.2) is 26.9 Å². The molecule has 0 heterocycles. The van der Waals surface area contributed by atoms with Crippen molar-refractivity contribution in [3.8, 4) is 11.5 Å². The Bertz CT molecular complexity index is 747. The summed E-state index contributed by atoms with van der Waals surface area (Å²) >= 11 is 0. The Kier molecular flexibility index (Phi) is 5.36. The van der Waals surface area contributed by atoms with Crippen molar-refractivity contribution < 1.29 is 28.4 Å². The second kappa shape index (κ2) is 7.26. The van der Waals surface area contributed by atoms with Gasteiger partial charge in [-0.05, 0) is 31.2 Å². The zero-order valence-corrected chi connectivity index (χ0v) is 13.2. The molecule has 0 fully saturated rings. The second-order valence-electron chi connectivity index (χ2n) is 4.59. The van der Waals surface area contributed by atoms with Crippen molar-refractivity contribution in [3.63, 3.8) is 0 Å². The van der Waals surface area contributed by atoms with Crippen LogP contribution in [-0.2, 0) is 4.57 Å². The Hall–Kier alpha value is -2.37. The van der Waals surface area contributed by atoms with E-state index in [1.165, 1.54) is 6.07 Å². The lowest BCUT2D eigenvalue weighted by molar-refractivity contribution is -0.00540. The van der Waals surface area contributed by atoms with Crippen LogP contribution in [0.15, 0.2) is 42.1 Å². The first-order valence-electron chi connectivity index (χ1n) is 6.79. The average molecular weight is 337 g/mol. The van der Waals surface area contributed by atoms with Gasteiger partial charge in [0, 0.05) is 17.8 Å². The second-order valence-corrected chi connectivity index (χ2v) is 5.75. The lowest BCUT2D eigenvalue weighted by atomic mass is 10.1. The summed E-state index contributed by atoms with van der Waals surface area (Å²) in [5.41, 5.74) is 10.2. The molecule has 0 bridgehead atoms. The van der Waals surface area contributed by atoms with Gasteiger partial charge in [-0.3, -0.25) is 9.79 Å². The summed E-state index contributed by atoms with van der Waals surface area (Å²) in [4.78, 5) is 21.2. The van der Waals surface area contributed by atoms with Gasteiger partial charge in [-0.2, -0.15) is 4.79 Å². The van der Waals surface area contributed by atoms with E-state index in [4.69, 9.17) is 24.6 Å². The maximum Gasteiger partial charge on any atom is 0.524 e. The van der Waals surface area contributed by atoms with Gasteiger partial charge >= 0.3 is 7.82 Å². The molecule has 9 heteroatoms. The van der Waals surface area contributed by atoms with Crippen molar-refractivity contribution in [1.82, 2.24) is 0 Å². The van der Waals surface area contributed by atoms with Gasteiger partial charge in [0.05, 0.1) is 18.7 Å². The van der Waals surface area contributed by atoms with Crippen molar-refractivity contribution in [3.05, 3.63) is 47.7 Å². The first kappa shape index (κ1) is 17.0. The van der Waals surface area contributed by atoms with Gasteiger partial charge < -0.3 is 20.1 Å². The van der Waals surface area contributed by atoms with Crippen LogP contribution in [0, 0.1) is 0 Å². The predicted octanol–water partition coefficient (Wildman–Crippen LogP) is 2.48. The Morgan fingerprint density at radius 3 is 2.74 bits per heavy atom. The lowest BCUT2D eigenvalue weighted by Gasteiger charge is -2.16. The van der Waals surface area contributed by atoms with E-state index in [0.29, 0.717) is 35.9 Å². The fraction of sp³-hybridized carbons (Fsp3) is 0.214. The van der Waals surface area contributed by atoms with Gasteiger partial charge in [-0.25, -0.2) is 4.57 Å². The van der Waals surface area contributed by atoms with Crippen LogP contribution in [0.25, 0.3) is 5.53 Å². The van der Waals surface area contributed by atoms with E-state index < -0.39 is 7.82 Å². The summed E-state index contributed by atoms with van der Waals surface area (Å²) in [6.07, 6.45) is 5.50. The van der Waals surface area contributed by atoms with Crippen LogP contribution in [0.2, 0.25) is 0 Å². The molecule has 1 aliphatic rings. The molecule has 0 aromatic heterocycles. The molecule has 0 saturated heterocycles. The molecule has 3 N–H and O–H groups in total. The molecular weight excluding hydrogens is 321 g/mol. The fourth-order valence-corrected chi connectivity index (χ4v) is 2.33. The maximum atomic E-state index is 11.1. The van der Waals surface area contributed by atoms with Crippen molar-refractivity contribution in [1.29, 1.82) is 0 Å².